The zero-order valence-electron chi connectivity index (χ0n) is 15.0. The zero-order valence-corrected chi connectivity index (χ0v) is 17.5. The molecule has 0 fully saturated rings. The molecule has 25 heavy (non-hydrogen) atoms. The van der Waals surface area contributed by atoms with Gasteiger partial charge in [0, 0.05) is 0 Å². The third-order valence-corrected chi connectivity index (χ3v) is 8.02. The molecule has 0 saturated heterocycles. The Labute approximate surface area is 161 Å². The molecule has 0 bridgehead atoms. The van der Waals surface area contributed by atoms with Gasteiger partial charge in [0.1, 0.15) is 0 Å². The molecule has 0 aromatic heterocycles. The van der Waals surface area contributed by atoms with Crippen molar-refractivity contribution in [1.82, 2.24) is 0 Å². The van der Waals surface area contributed by atoms with Crippen molar-refractivity contribution in [2.45, 2.75) is 36.9 Å². The van der Waals surface area contributed by atoms with Gasteiger partial charge in [-0.1, -0.05) is 0 Å². The molecular formula is C21H24O2SSe. The summed E-state index contributed by atoms with van der Waals surface area (Å²) in [6, 6.07) is 14.8. The summed E-state index contributed by atoms with van der Waals surface area (Å²) in [5.41, 5.74) is 2.60. The van der Waals surface area contributed by atoms with Gasteiger partial charge in [-0.25, -0.2) is 0 Å². The van der Waals surface area contributed by atoms with Crippen LogP contribution in [0.15, 0.2) is 52.3 Å². The van der Waals surface area contributed by atoms with Crippen LogP contribution in [0.1, 0.15) is 30.9 Å². The Morgan fingerprint density at radius 3 is 2.68 bits per heavy atom. The van der Waals surface area contributed by atoms with Crippen molar-refractivity contribution in [1.29, 1.82) is 0 Å². The maximum atomic E-state index is 6.05. The van der Waals surface area contributed by atoms with Crippen LogP contribution in [0.2, 0.25) is 5.32 Å². The Bertz CT molecular complexity index is 753. The van der Waals surface area contributed by atoms with Gasteiger partial charge in [-0.2, -0.15) is 0 Å². The van der Waals surface area contributed by atoms with E-state index in [1.54, 1.807) is 7.11 Å². The van der Waals surface area contributed by atoms with Gasteiger partial charge in [-0.3, -0.25) is 0 Å². The molecule has 132 valence electrons. The van der Waals surface area contributed by atoms with Crippen LogP contribution in [0.3, 0.4) is 0 Å². The first-order valence-electron chi connectivity index (χ1n) is 8.63. The minimum absolute atomic E-state index is 0.483. The Morgan fingerprint density at radius 1 is 1.16 bits per heavy atom. The molecule has 1 aliphatic heterocycles. The summed E-state index contributed by atoms with van der Waals surface area (Å²) < 4.78 is 12.8. The van der Waals surface area contributed by atoms with Crippen LogP contribution in [-0.2, 0) is 0 Å². The Kier molecular flexibility index (Phi) is 6.52. The number of unbranched alkanes of at least 4 members (excludes halogenated alkanes) is 1. The quantitative estimate of drug-likeness (QED) is 0.419. The monoisotopic (exact) mass is 420 g/mol. The van der Waals surface area contributed by atoms with Crippen LogP contribution in [0.25, 0.3) is 4.47 Å². The second kappa shape index (κ2) is 8.84. The number of methoxy groups -OCH3 is 1. The molecule has 0 amide bonds. The van der Waals surface area contributed by atoms with E-state index in [0.717, 1.165) is 11.5 Å². The first-order chi connectivity index (χ1) is 12.2. The van der Waals surface area contributed by atoms with Crippen molar-refractivity contribution in [3.8, 4) is 11.5 Å². The Balaban J connectivity index is 1.91. The number of aryl methyl sites for hydroxylation is 1. The summed E-state index contributed by atoms with van der Waals surface area (Å²) in [6.45, 7) is 5.09. The predicted molar refractivity (Wildman–Crippen MR) is 108 cm³/mol. The molecule has 1 heterocycles. The van der Waals surface area contributed by atoms with Crippen molar-refractivity contribution in [2.24, 2.45) is 0 Å². The molecule has 0 radical (unpaired) electrons. The third kappa shape index (κ3) is 4.63. The van der Waals surface area contributed by atoms with Gasteiger partial charge in [0.15, 0.2) is 0 Å². The van der Waals surface area contributed by atoms with Gasteiger partial charge < -0.3 is 0 Å². The molecule has 0 N–H and O–H groups in total. The van der Waals surface area contributed by atoms with E-state index in [1.807, 2.05) is 23.9 Å². The SMILES string of the molecule is CCCC[Se]C1=C(Sc2ccc(OC)cc2)COc2ccc(C)cc21. The average molecular weight is 419 g/mol. The molecule has 2 aromatic rings. The summed E-state index contributed by atoms with van der Waals surface area (Å²) in [4.78, 5) is 2.60. The molecule has 4 heteroatoms. The number of ether oxygens (including phenoxy) is 2. The third-order valence-electron chi connectivity index (χ3n) is 4.04. The zero-order chi connectivity index (χ0) is 17.6. The van der Waals surface area contributed by atoms with Crippen LogP contribution in [-0.4, -0.2) is 28.7 Å². The molecular weight excluding hydrogens is 395 g/mol. The van der Waals surface area contributed by atoms with E-state index < -0.39 is 0 Å². The predicted octanol–water partition coefficient (Wildman–Crippen LogP) is 5.78. The summed E-state index contributed by atoms with van der Waals surface area (Å²) in [6.07, 6.45) is 2.55. The topological polar surface area (TPSA) is 18.5 Å². The first kappa shape index (κ1) is 18.4. The van der Waals surface area contributed by atoms with Crippen molar-refractivity contribution < 1.29 is 9.47 Å². The molecule has 2 nitrogen and oxygen atoms in total. The van der Waals surface area contributed by atoms with E-state index in [2.05, 4.69) is 44.2 Å². The molecule has 0 saturated carbocycles. The van der Waals surface area contributed by atoms with Gasteiger partial charge in [0.25, 0.3) is 0 Å². The summed E-state index contributed by atoms with van der Waals surface area (Å²) >= 11 is 2.32. The number of hydrogen-bond donors (Lipinski definition) is 0. The van der Waals surface area contributed by atoms with E-state index in [-0.39, 0.29) is 0 Å². The fourth-order valence-corrected chi connectivity index (χ4v) is 6.55. The Morgan fingerprint density at radius 2 is 1.96 bits per heavy atom. The average Bonchev–Trinajstić information content (AvgIpc) is 2.64. The standard InChI is InChI=1S/C21H24O2SSe/c1-4-5-12-25-21-18-13-15(2)6-11-19(18)23-14-20(21)24-17-9-7-16(22-3)8-10-17/h6-11,13H,4-5,12,14H2,1-3H3. The number of thioether (sulfide) groups is 1. The van der Waals surface area contributed by atoms with Crippen LogP contribution < -0.4 is 9.47 Å². The number of hydrogen-bond acceptors (Lipinski definition) is 3. The van der Waals surface area contributed by atoms with E-state index in [4.69, 9.17) is 9.47 Å². The second-order valence-electron chi connectivity index (χ2n) is 6.02. The van der Waals surface area contributed by atoms with Crippen molar-refractivity contribution in [3.05, 3.63) is 58.5 Å². The molecule has 1 aliphatic rings. The molecule has 0 unspecified atom stereocenters. The molecule has 0 aliphatic carbocycles. The number of rotatable bonds is 7. The fourth-order valence-electron chi connectivity index (χ4n) is 2.64. The van der Waals surface area contributed by atoms with E-state index >= 15 is 0 Å². The first-order valence-corrected chi connectivity index (χ1v) is 11.5. The Hall–Kier alpha value is -1.35. The van der Waals surface area contributed by atoms with Crippen molar-refractivity contribution >= 4 is 31.2 Å². The van der Waals surface area contributed by atoms with E-state index in [1.165, 1.54) is 43.6 Å². The normalized spacial score (nSPS) is 13.4. The molecule has 0 atom stereocenters. The summed E-state index contributed by atoms with van der Waals surface area (Å²) in [7, 11) is 1.70. The van der Waals surface area contributed by atoms with E-state index in [0.29, 0.717) is 21.6 Å². The van der Waals surface area contributed by atoms with Gasteiger partial charge in [-0.15, -0.1) is 0 Å². The van der Waals surface area contributed by atoms with Crippen LogP contribution >= 0.6 is 11.8 Å². The van der Waals surface area contributed by atoms with Crippen molar-refractivity contribution in [2.75, 3.05) is 13.7 Å². The second-order valence-corrected chi connectivity index (χ2v) is 9.51. The van der Waals surface area contributed by atoms with Gasteiger partial charge in [-0.05, 0) is 0 Å². The van der Waals surface area contributed by atoms with Gasteiger partial charge in [0.05, 0.1) is 0 Å². The van der Waals surface area contributed by atoms with Gasteiger partial charge >= 0.3 is 161 Å². The number of fused-ring (bicyclic) bond motifs is 1. The molecule has 2 aromatic carbocycles. The van der Waals surface area contributed by atoms with Gasteiger partial charge in [0.2, 0.25) is 0 Å². The molecule has 0 spiro atoms. The summed E-state index contributed by atoms with van der Waals surface area (Å²) in [5.74, 6) is 1.93. The minimum atomic E-state index is 0.483. The van der Waals surface area contributed by atoms with Crippen LogP contribution in [0, 0.1) is 6.92 Å². The van der Waals surface area contributed by atoms with Crippen molar-refractivity contribution in [3.63, 3.8) is 0 Å². The van der Waals surface area contributed by atoms with Crippen LogP contribution in [0.4, 0.5) is 0 Å². The maximum absolute atomic E-state index is 6.05. The van der Waals surface area contributed by atoms with E-state index in [9.17, 15) is 0 Å². The molecule has 3 rings (SSSR count). The summed E-state index contributed by atoms with van der Waals surface area (Å²) in [5, 5.41) is 1.29. The van der Waals surface area contributed by atoms with Crippen LogP contribution in [0.5, 0.6) is 11.5 Å². The number of benzene rings is 2. The fraction of sp³-hybridized carbons (Fsp3) is 0.333.